The van der Waals surface area contributed by atoms with E-state index >= 15 is 0 Å². The summed E-state index contributed by atoms with van der Waals surface area (Å²) in [6.07, 6.45) is 0.129. The Kier molecular flexibility index (Phi) is 16.2. The van der Waals surface area contributed by atoms with Gasteiger partial charge in [-0.3, -0.25) is 0 Å². The second kappa shape index (κ2) is 21.7. The minimum atomic E-state index is -4.09. The molecule has 0 aromatic heterocycles. The van der Waals surface area contributed by atoms with E-state index in [1.54, 1.807) is 38.5 Å². The van der Waals surface area contributed by atoms with Gasteiger partial charge < -0.3 is 44.0 Å². The number of amides is 1. The lowest BCUT2D eigenvalue weighted by Crippen LogP contribution is -2.59. The zero-order valence-corrected chi connectivity index (χ0v) is 35.5. The average Bonchev–Trinajstić information content (AvgIpc) is 3.25. The summed E-state index contributed by atoms with van der Waals surface area (Å²) in [6.45, 7) is 9.31. The van der Waals surface area contributed by atoms with Gasteiger partial charge in [0.15, 0.2) is 5.37 Å². The summed E-state index contributed by atoms with van der Waals surface area (Å²) in [6, 6.07) is 29.7. The normalized spacial score (nSPS) is 19.0. The van der Waals surface area contributed by atoms with Crippen LogP contribution in [-0.4, -0.2) is 92.3 Å². The van der Waals surface area contributed by atoms with Gasteiger partial charge in [0, 0.05) is 51.8 Å². The van der Waals surface area contributed by atoms with Gasteiger partial charge in [0.05, 0.1) is 49.7 Å². The molecule has 5 atom stereocenters. The number of carbonyl (C=O) groups excluding carboxylic acids is 1. The van der Waals surface area contributed by atoms with Crippen LogP contribution in [0.3, 0.4) is 0 Å². The fourth-order valence-electron chi connectivity index (χ4n) is 7.64. The third-order valence-electron chi connectivity index (χ3n) is 10.8. The molecule has 1 saturated heterocycles. The number of hydrogen-bond donors (Lipinski definition) is 2. The molecule has 1 amide bonds. The Morgan fingerprint density at radius 3 is 2.39 bits per heavy atom. The number of nitrogens with zero attached hydrogens (tertiary/aromatic N) is 1. The quantitative estimate of drug-likeness (QED) is 0.0914. The van der Waals surface area contributed by atoms with Crippen LogP contribution in [0, 0.1) is 12.8 Å². The molecule has 0 aliphatic carbocycles. The highest BCUT2D eigenvalue weighted by molar-refractivity contribution is 7.92. The predicted molar refractivity (Wildman–Crippen MR) is 227 cm³/mol. The van der Waals surface area contributed by atoms with Gasteiger partial charge in [0.2, 0.25) is 9.84 Å². The lowest BCUT2D eigenvalue weighted by molar-refractivity contribution is 0.00187. The molecule has 0 radical (unpaired) electrons. The van der Waals surface area contributed by atoms with Crippen LogP contribution in [0.1, 0.15) is 53.5 Å². The van der Waals surface area contributed by atoms with Gasteiger partial charge >= 0.3 is 6.09 Å². The Morgan fingerprint density at radius 2 is 1.64 bits per heavy atom. The van der Waals surface area contributed by atoms with Crippen molar-refractivity contribution >= 4 is 21.6 Å². The second-order valence-electron chi connectivity index (χ2n) is 15.5. The zero-order chi connectivity index (χ0) is 41.6. The first-order valence-electron chi connectivity index (χ1n) is 20.4. The zero-order valence-electron chi connectivity index (χ0n) is 34.6. The molecule has 12 nitrogen and oxygen atoms in total. The van der Waals surface area contributed by atoms with Crippen molar-refractivity contribution in [2.24, 2.45) is 5.92 Å². The summed E-state index contributed by atoms with van der Waals surface area (Å²) >= 11 is 0. The first-order chi connectivity index (χ1) is 28.6. The van der Waals surface area contributed by atoms with Crippen molar-refractivity contribution in [2.75, 3.05) is 65.2 Å². The van der Waals surface area contributed by atoms with Crippen molar-refractivity contribution < 1.29 is 41.6 Å². The molecule has 0 spiro atoms. The van der Waals surface area contributed by atoms with Gasteiger partial charge in [-0.1, -0.05) is 85.3 Å². The van der Waals surface area contributed by atoms with E-state index in [-0.39, 0.29) is 29.4 Å². The van der Waals surface area contributed by atoms with Crippen LogP contribution < -0.4 is 20.3 Å². The number of sulfone groups is 1. The predicted octanol–water partition coefficient (Wildman–Crippen LogP) is 6.79. The summed E-state index contributed by atoms with van der Waals surface area (Å²) in [5.74, 6) is 0.909. The molecule has 13 heteroatoms. The van der Waals surface area contributed by atoms with E-state index in [0.29, 0.717) is 52.6 Å². The van der Waals surface area contributed by atoms with Crippen molar-refractivity contribution in [3.8, 4) is 5.75 Å². The van der Waals surface area contributed by atoms with E-state index in [9.17, 15) is 13.2 Å². The van der Waals surface area contributed by atoms with E-state index in [1.807, 2.05) is 61.5 Å². The second-order valence-corrected chi connectivity index (χ2v) is 17.6. The van der Waals surface area contributed by atoms with E-state index in [1.165, 1.54) is 0 Å². The highest BCUT2D eigenvalue weighted by Gasteiger charge is 2.42. The Bertz CT molecular complexity index is 2020. The maximum atomic E-state index is 14.5. The fourth-order valence-corrected chi connectivity index (χ4v) is 9.34. The molecule has 0 bridgehead atoms. The molecule has 4 aromatic rings. The van der Waals surface area contributed by atoms with Gasteiger partial charge in [0.25, 0.3) is 0 Å². The molecule has 2 N–H and O–H groups in total. The molecule has 2 heterocycles. The standard InChI is InChI=1S/C46H59N3O9S/c1-33-11-18-39(19-12-33)59(51,52)45(48-46(50)58-31-35-9-6-5-7-10-35)41-26-40(38-16-13-36(14-17-38)30-55-29-34(2)28-54-4)44(27-47-41)57-32-37-15-20-43-42(25-37)49(22-24-56-43)21-8-23-53-3/h5-7,9-20,25,34,40-41,44-45,47H,8,21-24,26-32H2,1-4H3,(H,48,50)/t34?,40-,41-,44+,45?/m1/s1. The van der Waals surface area contributed by atoms with Gasteiger partial charge in [-0.05, 0) is 66.3 Å². The van der Waals surface area contributed by atoms with Crippen molar-refractivity contribution in [2.45, 2.75) is 74.8 Å². The number of hydrogen-bond acceptors (Lipinski definition) is 11. The third-order valence-corrected chi connectivity index (χ3v) is 12.9. The largest absolute Gasteiger partial charge is 0.490 e. The maximum Gasteiger partial charge on any atom is 0.408 e. The number of fused-ring (bicyclic) bond motifs is 1. The van der Waals surface area contributed by atoms with Crippen LogP contribution in [0.5, 0.6) is 5.75 Å². The number of alkyl carbamates (subject to hydrolysis) is 1. The third kappa shape index (κ3) is 12.3. The first kappa shape index (κ1) is 44.1. The van der Waals surface area contributed by atoms with Gasteiger partial charge in [-0.15, -0.1) is 0 Å². The van der Waals surface area contributed by atoms with Crippen LogP contribution in [-0.2, 0) is 53.3 Å². The van der Waals surface area contributed by atoms with Gasteiger partial charge in [0.1, 0.15) is 19.0 Å². The molecule has 59 heavy (non-hydrogen) atoms. The minimum Gasteiger partial charge on any atom is -0.490 e. The molecule has 318 valence electrons. The van der Waals surface area contributed by atoms with Crippen molar-refractivity contribution in [3.05, 3.63) is 125 Å². The fraction of sp³-hybridized carbons (Fsp3) is 0.457. The molecule has 0 saturated carbocycles. The van der Waals surface area contributed by atoms with E-state index in [0.717, 1.165) is 58.8 Å². The van der Waals surface area contributed by atoms with Crippen LogP contribution in [0.15, 0.2) is 102 Å². The summed E-state index contributed by atoms with van der Waals surface area (Å²) < 4.78 is 63.7. The van der Waals surface area contributed by atoms with Crippen LogP contribution in [0.2, 0.25) is 0 Å². The highest BCUT2D eigenvalue weighted by atomic mass is 32.2. The summed E-state index contributed by atoms with van der Waals surface area (Å²) in [4.78, 5) is 15.8. The number of methoxy groups -OCH3 is 2. The number of nitrogens with one attached hydrogen (secondary N) is 2. The van der Waals surface area contributed by atoms with Crippen LogP contribution in [0.25, 0.3) is 0 Å². The number of rotatable bonds is 20. The molecule has 4 aromatic carbocycles. The van der Waals surface area contributed by atoms with Crippen molar-refractivity contribution in [3.63, 3.8) is 0 Å². The van der Waals surface area contributed by atoms with Gasteiger partial charge in [-0.2, -0.15) is 0 Å². The van der Waals surface area contributed by atoms with Crippen LogP contribution in [0.4, 0.5) is 10.5 Å². The molecule has 2 aliphatic rings. The Hall–Kier alpha value is -4.50. The molecule has 2 aliphatic heterocycles. The topological polar surface area (TPSA) is 134 Å². The SMILES string of the molecule is COCCCN1CCOc2ccc(CO[C@H]3CN[C@@H](C(NC(=O)OCc4ccccc4)S(=O)(=O)c4ccc(C)cc4)C[C@@H]3c3ccc(COCC(C)COC)cc3)cc21. The number of piperidine rings is 1. The lowest BCUT2D eigenvalue weighted by atomic mass is 9.83. The number of carbonyl (C=O) groups is 1. The average molecular weight is 830 g/mol. The van der Waals surface area contributed by atoms with E-state index in [2.05, 4.69) is 40.7 Å². The Labute approximate surface area is 349 Å². The summed E-state index contributed by atoms with van der Waals surface area (Å²) in [7, 11) is -0.687. The summed E-state index contributed by atoms with van der Waals surface area (Å²) in [5.41, 5.74) is 5.78. The first-order valence-corrected chi connectivity index (χ1v) is 22.0. The highest BCUT2D eigenvalue weighted by Crippen LogP contribution is 2.36. The van der Waals surface area contributed by atoms with Gasteiger partial charge in [-0.25, -0.2) is 13.2 Å². The molecular formula is C46H59N3O9S. The van der Waals surface area contributed by atoms with E-state index in [4.69, 9.17) is 28.4 Å². The minimum absolute atomic E-state index is 0.00168. The molecule has 2 unspecified atom stereocenters. The smallest absolute Gasteiger partial charge is 0.408 e. The maximum absolute atomic E-state index is 14.5. The number of aryl methyl sites for hydroxylation is 1. The lowest BCUT2D eigenvalue weighted by Gasteiger charge is -2.40. The van der Waals surface area contributed by atoms with Crippen LogP contribution >= 0.6 is 0 Å². The van der Waals surface area contributed by atoms with Crippen molar-refractivity contribution in [1.29, 1.82) is 0 Å². The molecular weight excluding hydrogens is 771 g/mol. The monoisotopic (exact) mass is 829 g/mol. The Morgan fingerprint density at radius 1 is 0.898 bits per heavy atom. The van der Waals surface area contributed by atoms with E-state index < -0.39 is 27.3 Å². The van der Waals surface area contributed by atoms with Crippen molar-refractivity contribution in [1.82, 2.24) is 10.6 Å². The number of benzene rings is 4. The summed E-state index contributed by atoms with van der Waals surface area (Å²) in [5, 5.41) is 4.90. The molecule has 1 fully saturated rings. The molecule has 6 rings (SSSR count). The number of ether oxygens (including phenoxy) is 6. The number of anilines is 1. The Balaban J connectivity index is 1.24.